The van der Waals surface area contributed by atoms with Crippen molar-refractivity contribution in [2.75, 3.05) is 24.7 Å². The summed E-state index contributed by atoms with van der Waals surface area (Å²) in [5.74, 6) is -2.40. The topological polar surface area (TPSA) is 128 Å². The first-order chi connectivity index (χ1) is 14.8. The van der Waals surface area contributed by atoms with Crippen molar-refractivity contribution in [2.24, 2.45) is 0 Å². The summed E-state index contributed by atoms with van der Waals surface area (Å²) < 4.78 is 67.4. The highest BCUT2D eigenvalue weighted by Crippen LogP contribution is 2.32. The highest BCUT2D eigenvalue weighted by atomic mass is 35.5. The summed E-state index contributed by atoms with van der Waals surface area (Å²) in [6, 6.07) is 4.41. The summed E-state index contributed by atoms with van der Waals surface area (Å²) in [7, 11) is -3.77. The first-order valence-corrected chi connectivity index (χ1v) is 11.2. The number of rotatable bonds is 9. The van der Waals surface area contributed by atoms with Crippen LogP contribution in [0, 0.1) is 10.1 Å². The van der Waals surface area contributed by atoms with E-state index in [0.717, 1.165) is 18.2 Å². The Balaban J connectivity index is 1.89. The third-order valence-corrected chi connectivity index (χ3v) is 5.98. The summed E-state index contributed by atoms with van der Waals surface area (Å²) in [6.45, 7) is -0.842. The normalized spacial score (nSPS) is 11.8. The number of aromatic nitrogens is 1. The van der Waals surface area contributed by atoms with Crippen molar-refractivity contribution in [1.29, 1.82) is 0 Å². The fraction of sp³-hybridized carbons (Fsp3) is 0.294. The fourth-order valence-electron chi connectivity index (χ4n) is 2.30. The van der Waals surface area contributed by atoms with Crippen LogP contribution in [0.4, 0.5) is 18.9 Å². The minimum Gasteiger partial charge on any atom is -0.477 e. The number of halogens is 5. The molecular formula is C17H14Cl2F3N3O6S. The van der Waals surface area contributed by atoms with Crippen molar-refractivity contribution in [3.63, 3.8) is 0 Å². The van der Waals surface area contributed by atoms with Gasteiger partial charge in [-0.05, 0) is 12.1 Å². The second kappa shape index (κ2) is 10.3. The molecule has 32 heavy (non-hydrogen) atoms. The van der Waals surface area contributed by atoms with Gasteiger partial charge in [0, 0.05) is 24.7 Å². The van der Waals surface area contributed by atoms with E-state index < -0.39 is 61.6 Å². The van der Waals surface area contributed by atoms with E-state index in [2.05, 4.69) is 10.3 Å². The van der Waals surface area contributed by atoms with Crippen LogP contribution in [0.1, 0.15) is 15.9 Å². The number of pyridine rings is 1. The molecule has 1 amide bonds. The van der Waals surface area contributed by atoms with Gasteiger partial charge in [-0.15, -0.1) is 0 Å². The van der Waals surface area contributed by atoms with Gasteiger partial charge in [0.1, 0.15) is 11.8 Å². The predicted octanol–water partition coefficient (Wildman–Crippen LogP) is 3.54. The number of hydrogen-bond acceptors (Lipinski definition) is 7. The molecule has 1 heterocycles. The number of carbonyl (C=O) groups excluding carboxylic acids is 1. The zero-order chi connectivity index (χ0) is 24.1. The second-order valence-corrected chi connectivity index (χ2v) is 9.29. The smallest absolute Gasteiger partial charge is 0.416 e. The van der Waals surface area contributed by atoms with Crippen LogP contribution >= 0.6 is 23.2 Å². The van der Waals surface area contributed by atoms with E-state index in [1.165, 1.54) is 0 Å². The first kappa shape index (κ1) is 25.6. The summed E-state index contributed by atoms with van der Waals surface area (Å²) >= 11 is 11.4. The lowest BCUT2D eigenvalue weighted by Crippen LogP contribution is -2.31. The number of nitrogens with one attached hydrogen (secondary N) is 1. The quantitative estimate of drug-likeness (QED) is 0.307. The Hall–Kier alpha value is -2.64. The van der Waals surface area contributed by atoms with Gasteiger partial charge < -0.3 is 10.1 Å². The van der Waals surface area contributed by atoms with Gasteiger partial charge in [0.15, 0.2) is 9.84 Å². The number of alkyl halides is 3. The SMILES string of the molecule is O=C(NCCS(=O)(=O)CCOc1cc(C(F)(F)F)cc(Cl)n1)c1cc([N+](=O)[O-])ccc1Cl. The maximum atomic E-state index is 12.8. The van der Waals surface area contributed by atoms with Crippen molar-refractivity contribution < 1.29 is 36.0 Å². The molecule has 2 aromatic rings. The minimum atomic E-state index is -4.68. The number of carbonyl (C=O) groups is 1. The van der Waals surface area contributed by atoms with Gasteiger partial charge in [-0.1, -0.05) is 23.2 Å². The minimum absolute atomic E-state index is 0.0587. The molecule has 0 radical (unpaired) electrons. The molecule has 0 saturated carbocycles. The van der Waals surface area contributed by atoms with Gasteiger partial charge in [-0.2, -0.15) is 13.2 Å². The molecule has 0 unspecified atom stereocenters. The average molecular weight is 516 g/mol. The molecule has 0 aliphatic carbocycles. The third-order valence-electron chi connectivity index (χ3n) is 3.85. The average Bonchev–Trinajstić information content (AvgIpc) is 2.66. The number of nitrogens with zero attached hydrogens (tertiary/aromatic N) is 2. The molecular weight excluding hydrogens is 502 g/mol. The van der Waals surface area contributed by atoms with Crippen molar-refractivity contribution >= 4 is 44.6 Å². The molecule has 0 atom stereocenters. The number of sulfone groups is 1. The fourth-order valence-corrected chi connectivity index (χ4v) is 3.66. The van der Waals surface area contributed by atoms with Crippen LogP contribution in [0.25, 0.3) is 0 Å². The highest BCUT2D eigenvalue weighted by molar-refractivity contribution is 7.91. The molecule has 0 aliphatic heterocycles. The lowest BCUT2D eigenvalue weighted by atomic mass is 10.2. The van der Waals surface area contributed by atoms with Crippen molar-refractivity contribution in [2.45, 2.75) is 6.18 Å². The van der Waals surface area contributed by atoms with E-state index in [0.29, 0.717) is 12.1 Å². The number of ether oxygens (including phenoxy) is 1. The van der Waals surface area contributed by atoms with Crippen LogP contribution in [0.5, 0.6) is 5.88 Å². The van der Waals surface area contributed by atoms with Crippen molar-refractivity contribution in [1.82, 2.24) is 10.3 Å². The Kier molecular flexibility index (Phi) is 8.26. The van der Waals surface area contributed by atoms with Gasteiger partial charge in [0.25, 0.3) is 11.6 Å². The number of non-ortho nitro benzene ring substituents is 1. The molecule has 0 bridgehead atoms. The standard InChI is InChI=1S/C17H14Cl2F3N3O6S/c18-13-2-1-11(25(27)28)9-12(13)16(26)23-3-5-32(29,30)6-4-31-15-8-10(17(20,21)22)7-14(19)24-15/h1-2,7-9H,3-6H2,(H,23,26). The lowest BCUT2D eigenvalue weighted by Gasteiger charge is -2.11. The van der Waals surface area contributed by atoms with Crippen LogP contribution in [-0.2, 0) is 16.0 Å². The van der Waals surface area contributed by atoms with Crippen LogP contribution in [-0.4, -0.2) is 48.9 Å². The summed E-state index contributed by atoms with van der Waals surface area (Å²) in [5, 5.41) is 12.5. The molecule has 1 N–H and O–H groups in total. The van der Waals surface area contributed by atoms with E-state index in [1.54, 1.807) is 0 Å². The molecule has 0 aliphatic rings. The Labute approximate surface area is 189 Å². The number of hydrogen-bond donors (Lipinski definition) is 1. The molecule has 0 spiro atoms. The molecule has 174 valence electrons. The maximum absolute atomic E-state index is 12.8. The monoisotopic (exact) mass is 515 g/mol. The Morgan fingerprint density at radius 2 is 1.88 bits per heavy atom. The lowest BCUT2D eigenvalue weighted by molar-refractivity contribution is -0.384. The van der Waals surface area contributed by atoms with Gasteiger partial charge in [-0.25, -0.2) is 13.4 Å². The number of nitro groups is 1. The van der Waals surface area contributed by atoms with Gasteiger partial charge in [0.2, 0.25) is 5.88 Å². The Morgan fingerprint density at radius 1 is 1.19 bits per heavy atom. The summed E-state index contributed by atoms with van der Waals surface area (Å²) in [6.07, 6.45) is -4.68. The molecule has 0 saturated heterocycles. The molecule has 1 aromatic carbocycles. The molecule has 15 heteroatoms. The van der Waals surface area contributed by atoms with E-state index >= 15 is 0 Å². The van der Waals surface area contributed by atoms with E-state index in [4.69, 9.17) is 27.9 Å². The zero-order valence-electron chi connectivity index (χ0n) is 15.9. The number of benzene rings is 1. The van der Waals surface area contributed by atoms with Crippen LogP contribution in [0.15, 0.2) is 30.3 Å². The van der Waals surface area contributed by atoms with Crippen molar-refractivity contribution in [3.05, 3.63) is 61.7 Å². The maximum Gasteiger partial charge on any atom is 0.416 e. The second-order valence-electron chi connectivity index (χ2n) is 6.19. The third kappa shape index (κ3) is 7.50. The largest absolute Gasteiger partial charge is 0.477 e. The van der Waals surface area contributed by atoms with Gasteiger partial charge in [0.05, 0.1) is 32.6 Å². The van der Waals surface area contributed by atoms with E-state index in [1.807, 2.05) is 0 Å². The van der Waals surface area contributed by atoms with Crippen LogP contribution in [0.3, 0.4) is 0 Å². The predicted molar refractivity (Wildman–Crippen MR) is 109 cm³/mol. The highest BCUT2D eigenvalue weighted by Gasteiger charge is 2.32. The van der Waals surface area contributed by atoms with E-state index in [-0.39, 0.29) is 22.8 Å². The molecule has 0 fully saturated rings. The van der Waals surface area contributed by atoms with Crippen LogP contribution < -0.4 is 10.1 Å². The molecule has 9 nitrogen and oxygen atoms in total. The van der Waals surface area contributed by atoms with E-state index in [9.17, 15) is 36.5 Å². The first-order valence-electron chi connectivity index (χ1n) is 8.58. The Bertz CT molecular complexity index is 1130. The molecule has 1 aromatic heterocycles. The number of nitro benzene ring substituents is 1. The number of amides is 1. The Morgan fingerprint density at radius 3 is 2.50 bits per heavy atom. The summed E-state index contributed by atoms with van der Waals surface area (Å²) in [5.41, 5.74) is -1.67. The van der Waals surface area contributed by atoms with Crippen LogP contribution in [0.2, 0.25) is 10.2 Å². The van der Waals surface area contributed by atoms with Gasteiger partial charge >= 0.3 is 6.18 Å². The van der Waals surface area contributed by atoms with Crippen molar-refractivity contribution in [3.8, 4) is 5.88 Å². The van der Waals surface area contributed by atoms with Gasteiger partial charge in [-0.3, -0.25) is 14.9 Å². The molecule has 2 rings (SSSR count). The summed E-state index contributed by atoms with van der Waals surface area (Å²) in [4.78, 5) is 25.7. The zero-order valence-corrected chi connectivity index (χ0v) is 18.2.